The minimum Gasteiger partial charge on any atom is -0.506 e. The molecule has 1 aromatic rings. The van der Waals surface area contributed by atoms with Crippen molar-refractivity contribution in [2.75, 3.05) is 5.88 Å². The van der Waals surface area contributed by atoms with Crippen LogP contribution in [0.4, 0.5) is 5.69 Å². The lowest BCUT2D eigenvalue weighted by Gasteiger charge is -2.03. The number of nitrogens with two attached hydrogens (primary N) is 1. The Labute approximate surface area is 92.2 Å². The molecule has 0 saturated heterocycles. The number of phenolic OH excluding ortho intramolecular Hbond substituents is 1. The lowest BCUT2D eigenvalue weighted by Crippen LogP contribution is -2.12. The van der Waals surface area contributed by atoms with Crippen LogP contribution in [0.3, 0.4) is 0 Å². The molecule has 0 heterocycles. The number of aryl methyl sites for hydroxylation is 1. The Balaban J connectivity index is 3.16. The van der Waals surface area contributed by atoms with Gasteiger partial charge in [0.1, 0.15) is 17.3 Å². The van der Waals surface area contributed by atoms with Crippen molar-refractivity contribution in [3.63, 3.8) is 0 Å². The number of aliphatic imine (C=N–C) groups is 1. The summed E-state index contributed by atoms with van der Waals surface area (Å²) in [6, 6.07) is 3.08. The summed E-state index contributed by atoms with van der Waals surface area (Å²) in [6.45, 7) is 1.79. The smallest absolute Gasteiger partial charge is 0.141 e. The van der Waals surface area contributed by atoms with E-state index in [-0.39, 0.29) is 17.5 Å². The maximum atomic E-state index is 9.50. The molecule has 0 saturated carbocycles. The van der Waals surface area contributed by atoms with Crippen LogP contribution in [0.25, 0.3) is 0 Å². The number of aromatic hydroxyl groups is 1. The van der Waals surface area contributed by atoms with E-state index in [9.17, 15) is 5.11 Å². The molecular weight excluding hydrogens is 223 g/mol. The Bertz CT molecular complexity index is 377. The Morgan fingerprint density at radius 2 is 2.21 bits per heavy atom. The van der Waals surface area contributed by atoms with Crippen LogP contribution in [0.5, 0.6) is 5.75 Å². The van der Waals surface area contributed by atoms with Crippen molar-refractivity contribution in [1.82, 2.24) is 0 Å². The van der Waals surface area contributed by atoms with Gasteiger partial charge in [0.05, 0.1) is 5.88 Å². The summed E-state index contributed by atoms with van der Waals surface area (Å²) >= 11 is 11.3. The third kappa shape index (κ3) is 2.53. The summed E-state index contributed by atoms with van der Waals surface area (Å²) in [5, 5.41) is 10.0. The summed E-state index contributed by atoms with van der Waals surface area (Å²) in [7, 11) is 0. The molecule has 0 aliphatic rings. The molecule has 0 amide bonds. The van der Waals surface area contributed by atoms with E-state index in [4.69, 9.17) is 28.9 Å². The molecule has 0 fully saturated rings. The quantitative estimate of drug-likeness (QED) is 0.468. The van der Waals surface area contributed by atoms with Crippen molar-refractivity contribution >= 4 is 34.7 Å². The first-order valence-corrected chi connectivity index (χ1v) is 4.84. The number of nitrogens with zero attached hydrogens (tertiary/aromatic N) is 1. The number of benzene rings is 1. The molecule has 0 unspecified atom stereocenters. The van der Waals surface area contributed by atoms with Gasteiger partial charge in [-0.1, -0.05) is 11.6 Å². The second kappa shape index (κ2) is 4.53. The van der Waals surface area contributed by atoms with Gasteiger partial charge in [0.25, 0.3) is 0 Å². The molecule has 0 spiro atoms. The summed E-state index contributed by atoms with van der Waals surface area (Å²) in [6.07, 6.45) is 0. The standard InChI is InChI=1S/C9H10Cl2N2O/c1-5-2-8(14)7(3-6(5)11)13-9(12)4-10/h2-3,14H,4H2,1H3,(H2,12,13). The first kappa shape index (κ1) is 11.1. The molecule has 3 N–H and O–H groups in total. The molecule has 5 heteroatoms. The van der Waals surface area contributed by atoms with E-state index in [1.54, 1.807) is 13.0 Å². The predicted octanol–water partition coefficient (Wildman–Crippen LogP) is 2.58. The van der Waals surface area contributed by atoms with Gasteiger partial charge < -0.3 is 10.8 Å². The number of hydrogen-bond donors (Lipinski definition) is 2. The Morgan fingerprint density at radius 3 is 2.79 bits per heavy atom. The topological polar surface area (TPSA) is 58.6 Å². The van der Waals surface area contributed by atoms with Crippen molar-refractivity contribution in [3.8, 4) is 5.75 Å². The van der Waals surface area contributed by atoms with Crippen LogP contribution in [0.1, 0.15) is 5.56 Å². The van der Waals surface area contributed by atoms with E-state index < -0.39 is 0 Å². The summed E-state index contributed by atoms with van der Waals surface area (Å²) in [5.74, 6) is 0.396. The highest BCUT2D eigenvalue weighted by molar-refractivity contribution is 6.31. The van der Waals surface area contributed by atoms with E-state index in [1.807, 2.05) is 0 Å². The highest BCUT2D eigenvalue weighted by Crippen LogP contribution is 2.32. The van der Waals surface area contributed by atoms with Crippen molar-refractivity contribution in [2.24, 2.45) is 10.7 Å². The molecule has 1 rings (SSSR count). The zero-order chi connectivity index (χ0) is 10.7. The first-order chi connectivity index (χ1) is 6.54. The molecule has 0 aliphatic heterocycles. The van der Waals surface area contributed by atoms with E-state index in [2.05, 4.69) is 4.99 Å². The third-order valence-electron chi connectivity index (χ3n) is 1.66. The van der Waals surface area contributed by atoms with Crippen LogP contribution < -0.4 is 5.73 Å². The number of amidine groups is 1. The fourth-order valence-electron chi connectivity index (χ4n) is 0.930. The molecule has 0 bridgehead atoms. The van der Waals surface area contributed by atoms with Crippen LogP contribution in [-0.2, 0) is 0 Å². The average Bonchev–Trinajstić information content (AvgIpc) is 2.14. The van der Waals surface area contributed by atoms with Crippen LogP contribution >= 0.6 is 23.2 Å². The van der Waals surface area contributed by atoms with E-state index in [1.165, 1.54) is 6.07 Å². The second-order valence-corrected chi connectivity index (χ2v) is 3.50. The van der Waals surface area contributed by atoms with Crippen molar-refractivity contribution < 1.29 is 5.11 Å². The number of hydrogen-bond acceptors (Lipinski definition) is 2. The largest absolute Gasteiger partial charge is 0.506 e. The zero-order valence-electron chi connectivity index (χ0n) is 7.59. The van der Waals surface area contributed by atoms with Crippen LogP contribution in [0.2, 0.25) is 5.02 Å². The summed E-state index contributed by atoms with van der Waals surface area (Å²) in [4.78, 5) is 3.91. The Hall–Kier alpha value is -0.930. The number of phenols is 1. The highest BCUT2D eigenvalue weighted by Gasteiger charge is 2.04. The van der Waals surface area contributed by atoms with Crippen molar-refractivity contribution in [3.05, 3.63) is 22.7 Å². The number of halogens is 2. The fourth-order valence-corrected chi connectivity index (χ4v) is 1.15. The fraction of sp³-hybridized carbons (Fsp3) is 0.222. The second-order valence-electron chi connectivity index (χ2n) is 2.83. The van der Waals surface area contributed by atoms with Gasteiger partial charge in [-0.2, -0.15) is 0 Å². The zero-order valence-corrected chi connectivity index (χ0v) is 9.10. The van der Waals surface area contributed by atoms with Crippen molar-refractivity contribution in [2.45, 2.75) is 6.92 Å². The maximum Gasteiger partial charge on any atom is 0.141 e. The summed E-state index contributed by atoms with van der Waals surface area (Å²) in [5.41, 5.74) is 6.54. The number of alkyl halides is 1. The average molecular weight is 233 g/mol. The third-order valence-corrected chi connectivity index (χ3v) is 2.34. The maximum absolute atomic E-state index is 9.50. The van der Waals surface area contributed by atoms with Gasteiger partial charge in [0.15, 0.2) is 0 Å². The van der Waals surface area contributed by atoms with Crippen LogP contribution in [0, 0.1) is 6.92 Å². The molecule has 0 aromatic heterocycles. The Kier molecular flexibility index (Phi) is 3.61. The molecule has 1 aromatic carbocycles. The molecule has 0 aliphatic carbocycles. The molecule has 0 radical (unpaired) electrons. The lowest BCUT2D eigenvalue weighted by atomic mass is 10.2. The highest BCUT2D eigenvalue weighted by atomic mass is 35.5. The van der Waals surface area contributed by atoms with Crippen LogP contribution in [-0.4, -0.2) is 16.8 Å². The van der Waals surface area contributed by atoms with E-state index >= 15 is 0 Å². The van der Waals surface area contributed by atoms with Crippen molar-refractivity contribution in [1.29, 1.82) is 0 Å². The monoisotopic (exact) mass is 232 g/mol. The minimum atomic E-state index is 0.0416. The predicted molar refractivity (Wildman–Crippen MR) is 59.9 cm³/mol. The van der Waals surface area contributed by atoms with Gasteiger partial charge in [-0.15, -0.1) is 11.6 Å². The van der Waals surface area contributed by atoms with E-state index in [0.717, 1.165) is 5.56 Å². The lowest BCUT2D eigenvalue weighted by molar-refractivity contribution is 0.476. The molecular formula is C9H10Cl2N2O. The van der Waals surface area contributed by atoms with Gasteiger partial charge in [-0.3, -0.25) is 0 Å². The SMILES string of the molecule is Cc1cc(O)c(N=C(N)CCl)cc1Cl. The van der Waals surface area contributed by atoms with E-state index in [0.29, 0.717) is 10.7 Å². The number of rotatable bonds is 2. The molecule has 0 atom stereocenters. The summed E-state index contributed by atoms with van der Waals surface area (Å²) < 4.78 is 0. The Morgan fingerprint density at radius 1 is 1.57 bits per heavy atom. The molecule has 76 valence electrons. The van der Waals surface area contributed by atoms with Gasteiger partial charge in [0.2, 0.25) is 0 Å². The molecule has 3 nitrogen and oxygen atoms in total. The minimum absolute atomic E-state index is 0.0416. The normalized spacial score (nSPS) is 11.8. The van der Waals surface area contributed by atoms with Gasteiger partial charge in [0, 0.05) is 5.02 Å². The van der Waals surface area contributed by atoms with Gasteiger partial charge >= 0.3 is 0 Å². The van der Waals surface area contributed by atoms with Crippen LogP contribution in [0.15, 0.2) is 17.1 Å². The first-order valence-electron chi connectivity index (χ1n) is 3.92. The van der Waals surface area contributed by atoms with Gasteiger partial charge in [-0.25, -0.2) is 4.99 Å². The van der Waals surface area contributed by atoms with Gasteiger partial charge in [-0.05, 0) is 24.6 Å². The molecule has 14 heavy (non-hydrogen) atoms.